The predicted molar refractivity (Wildman–Crippen MR) is 77.5 cm³/mol. The maximum atomic E-state index is 13.7. The number of aryl methyl sites for hydroxylation is 2. The molecule has 2 aromatic rings. The summed E-state index contributed by atoms with van der Waals surface area (Å²) in [6.07, 6.45) is 0. The first-order valence-electron chi connectivity index (χ1n) is 6.05. The molecule has 0 saturated heterocycles. The molecule has 0 heterocycles. The molecule has 0 fully saturated rings. The average molecular weight is 312 g/mol. The summed E-state index contributed by atoms with van der Waals surface area (Å²) >= 11 is 0. The Morgan fingerprint density at radius 1 is 1.10 bits per heavy atom. The van der Waals surface area contributed by atoms with Crippen molar-refractivity contribution >= 4 is 21.4 Å². The molecule has 21 heavy (non-hydrogen) atoms. The number of sulfonamides is 1. The lowest BCUT2D eigenvalue weighted by atomic mass is 10.2. The summed E-state index contributed by atoms with van der Waals surface area (Å²) in [5.74, 6) is -1.94. The summed E-state index contributed by atoms with van der Waals surface area (Å²) in [5, 5.41) is 0. The summed E-state index contributed by atoms with van der Waals surface area (Å²) in [7, 11) is -4.02. The minimum Gasteiger partial charge on any atom is -0.397 e. The second kappa shape index (κ2) is 5.33. The molecule has 0 unspecified atom stereocenters. The summed E-state index contributed by atoms with van der Waals surface area (Å²) in [4.78, 5) is 0.0191. The number of hydrogen-bond donors (Lipinski definition) is 2. The molecule has 0 aliphatic rings. The van der Waals surface area contributed by atoms with Crippen molar-refractivity contribution in [3.63, 3.8) is 0 Å². The van der Waals surface area contributed by atoms with Crippen molar-refractivity contribution in [3.8, 4) is 0 Å². The molecule has 3 N–H and O–H groups in total. The van der Waals surface area contributed by atoms with Gasteiger partial charge in [-0.3, -0.25) is 4.72 Å². The Labute approximate surface area is 121 Å². The molecule has 0 bridgehead atoms. The Hall–Kier alpha value is -2.15. The van der Waals surface area contributed by atoms with Gasteiger partial charge in [0.1, 0.15) is 11.5 Å². The van der Waals surface area contributed by atoms with E-state index in [1.54, 1.807) is 26.0 Å². The first-order chi connectivity index (χ1) is 9.70. The van der Waals surface area contributed by atoms with E-state index >= 15 is 0 Å². The fraction of sp³-hybridized carbons (Fsp3) is 0.143. The number of anilines is 2. The van der Waals surface area contributed by atoms with Crippen molar-refractivity contribution in [2.75, 3.05) is 10.5 Å². The fourth-order valence-corrected chi connectivity index (χ4v) is 3.31. The monoisotopic (exact) mass is 312 g/mol. The summed E-state index contributed by atoms with van der Waals surface area (Å²) in [6, 6.07) is 6.30. The number of hydrogen-bond acceptors (Lipinski definition) is 3. The molecule has 7 heteroatoms. The second-order valence-electron chi connectivity index (χ2n) is 4.73. The molecular weight excluding hydrogens is 298 g/mol. The second-order valence-corrected chi connectivity index (χ2v) is 6.38. The fourth-order valence-electron chi connectivity index (χ4n) is 1.89. The van der Waals surface area contributed by atoms with Gasteiger partial charge in [-0.05, 0) is 37.1 Å². The van der Waals surface area contributed by atoms with Crippen LogP contribution in [0.1, 0.15) is 11.1 Å². The van der Waals surface area contributed by atoms with Crippen LogP contribution in [0.15, 0.2) is 35.2 Å². The Bertz CT molecular complexity index is 782. The Balaban J connectivity index is 2.50. The van der Waals surface area contributed by atoms with Gasteiger partial charge in [0, 0.05) is 6.07 Å². The van der Waals surface area contributed by atoms with Gasteiger partial charge in [0.25, 0.3) is 10.0 Å². The van der Waals surface area contributed by atoms with Crippen molar-refractivity contribution in [3.05, 3.63) is 53.1 Å². The summed E-state index contributed by atoms with van der Waals surface area (Å²) in [6.45, 7) is 3.36. The van der Waals surface area contributed by atoms with Gasteiger partial charge in [-0.2, -0.15) is 0 Å². The van der Waals surface area contributed by atoms with Crippen LogP contribution in [0, 0.1) is 25.5 Å². The molecule has 0 aliphatic carbocycles. The lowest BCUT2D eigenvalue weighted by molar-refractivity contribution is 0.583. The van der Waals surface area contributed by atoms with E-state index in [4.69, 9.17) is 5.73 Å². The van der Waals surface area contributed by atoms with E-state index in [-0.39, 0.29) is 10.6 Å². The predicted octanol–water partition coefficient (Wildman–Crippen LogP) is 2.96. The van der Waals surface area contributed by atoms with Crippen LogP contribution in [0.25, 0.3) is 0 Å². The molecule has 0 aliphatic heterocycles. The van der Waals surface area contributed by atoms with Crippen LogP contribution < -0.4 is 10.5 Å². The highest BCUT2D eigenvalue weighted by molar-refractivity contribution is 7.92. The van der Waals surface area contributed by atoms with E-state index in [0.29, 0.717) is 11.6 Å². The number of nitrogens with one attached hydrogen (secondary N) is 1. The molecular formula is C14H14F2N2O2S. The molecule has 0 saturated carbocycles. The van der Waals surface area contributed by atoms with Crippen LogP contribution in [0.4, 0.5) is 20.2 Å². The molecule has 0 amide bonds. The van der Waals surface area contributed by atoms with Gasteiger partial charge < -0.3 is 5.73 Å². The first-order valence-corrected chi connectivity index (χ1v) is 7.53. The molecule has 112 valence electrons. The van der Waals surface area contributed by atoms with Crippen LogP contribution in [0.3, 0.4) is 0 Å². The van der Waals surface area contributed by atoms with Crippen LogP contribution >= 0.6 is 0 Å². The third kappa shape index (κ3) is 3.13. The van der Waals surface area contributed by atoms with Crippen LogP contribution in [-0.2, 0) is 10.0 Å². The van der Waals surface area contributed by atoms with Gasteiger partial charge >= 0.3 is 0 Å². The molecule has 0 atom stereocenters. The quantitative estimate of drug-likeness (QED) is 0.856. The normalized spacial score (nSPS) is 11.4. The maximum Gasteiger partial charge on any atom is 0.262 e. The maximum absolute atomic E-state index is 13.7. The lowest BCUT2D eigenvalue weighted by Gasteiger charge is -2.13. The zero-order chi connectivity index (χ0) is 15.8. The highest BCUT2D eigenvalue weighted by atomic mass is 32.2. The minimum atomic E-state index is -4.02. The summed E-state index contributed by atoms with van der Waals surface area (Å²) in [5.41, 5.74) is 5.94. The van der Waals surface area contributed by atoms with E-state index in [1.165, 1.54) is 6.07 Å². The van der Waals surface area contributed by atoms with E-state index in [1.807, 2.05) is 0 Å². The topological polar surface area (TPSA) is 72.2 Å². The Kier molecular flexibility index (Phi) is 3.87. The first kappa shape index (κ1) is 15.2. The number of nitrogens with two attached hydrogens (primary N) is 1. The van der Waals surface area contributed by atoms with Crippen LogP contribution in [0.2, 0.25) is 0 Å². The zero-order valence-electron chi connectivity index (χ0n) is 11.4. The minimum absolute atomic E-state index is 0.0191. The van der Waals surface area contributed by atoms with E-state index < -0.39 is 27.3 Å². The number of halogens is 2. The van der Waals surface area contributed by atoms with E-state index in [0.717, 1.165) is 11.6 Å². The molecule has 0 radical (unpaired) electrons. The Morgan fingerprint density at radius 2 is 1.76 bits per heavy atom. The Morgan fingerprint density at radius 3 is 2.38 bits per heavy atom. The summed E-state index contributed by atoms with van der Waals surface area (Å²) < 4.78 is 53.4. The SMILES string of the molecule is Cc1ccc(C)c(S(=O)(=O)Nc2c(N)cc(F)cc2F)c1. The van der Waals surface area contributed by atoms with Crippen LogP contribution in [-0.4, -0.2) is 8.42 Å². The van der Waals surface area contributed by atoms with Gasteiger partial charge in [-0.25, -0.2) is 17.2 Å². The molecule has 2 aromatic carbocycles. The van der Waals surface area contributed by atoms with Crippen molar-refractivity contribution in [2.24, 2.45) is 0 Å². The standard InChI is InChI=1S/C14H14F2N2O2S/c1-8-3-4-9(2)13(5-8)21(19,20)18-14-11(16)6-10(15)7-12(14)17/h3-7,18H,17H2,1-2H3. The average Bonchev–Trinajstić information content (AvgIpc) is 2.36. The van der Waals surface area contributed by atoms with Crippen LogP contribution in [0.5, 0.6) is 0 Å². The lowest BCUT2D eigenvalue weighted by Crippen LogP contribution is -2.16. The van der Waals surface area contributed by atoms with Gasteiger partial charge in [-0.15, -0.1) is 0 Å². The zero-order valence-corrected chi connectivity index (χ0v) is 12.3. The number of rotatable bonds is 3. The van der Waals surface area contributed by atoms with Gasteiger partial charge in [-0.1, -0.05) is 12.1 Å². The van der Waals surface area contributed by atoms with Crippen molar-refractivity contribution < 1.29 is 17.2 Å². The van der Waals surface area contributed by atoms with E-state index in [9.17, 15) is 17.2 Å². The third-order valence-corrected chi connectivity index (χ3v) is 4.45. The van der Waals surface area contributed by atoms with Gasteiger partial charge in [0.15, 0.2) is 5.82 Å². The van der Waals surface area contributed by atoms with Crippen molar-refractivity contribution in [2.45, 2.75) is 18.7 Å². The third-order valence-electron chi connectivity index (χ3n) is 2.96. The number of nitrogen functional groups attached to an aromatic ring is 1. The molecule has 4 nitrogen and oxygen atoms in total. The van der Waals surface area contributed by atoms with Crippen molar-refractivity contribution in [1.29, 1.82) is 0 Å². The molecule has 0 spiro atoms. The molecule has 0 aromatic heterocycles. The molecule has 2 rings (SSSR count). The highest BCUT2D eigenvalue weighted by Gasteiger charge is 2.21. The van der Waals surface area contributed by atoms with Gasteiger partial charge in [0.2, 0.25) is 0 Å². The van der Waals surface area contributed by atoms with Gasteiger partial charge in [0.05, 0.1) is 10.6 Å². The number of benzene rings is 2. The largest absolute Gasteiger partial charge is 0.397 e. The smallest absolute Gasteiger partial charge is 0.262 e. The van der Waals surface area contributed by atoms with E-state index in [2.05, 4.69) is 4.72 Å². The highest BCUT2D eigenvalue weighted by Crippen LogP contribution is 2.27. The van der Waals surface area contributed by atoms with Crippen molar-refractivity contribution in [1.82, 2.24) is 0 Å².